The highest BCUT2D eigenvalue weighted by Gasteiger charge is 2.26. The van der Waals surface area contributed by atoms with Crippen molar-refractivity contribution in [2.45, 2.75) is 45.6 Å². The third-order valence-electron chi connectivity index (χ3n) is 3.86. The molecule has 2 N–H and O–H groups in total. The van der Waals surface area contributed by atoms with Gasteiger partial charge in [0.2, 0.25) is 4.96 Å². The van der Waals surface area contributed by atoms with Crippen LogP contribution in [-0.2, 0) is 11.2 Å². The van der Waals surface area contributed by atoms with Crippen molar-refractivity contribution in [3.8, 4) is 0 Å². The zero-order chi connectivity index (χ0) is 14.3. The second-order valence-electron chi connectivity index (χ2n) is 6.49. The summed E-state index contributed by atoms with van der Waals surface area (Å²) in [6.45, 7) is 7.97. The molecule has 2 atom stereocenters. The molecule has 2 unspecified atom stereocenters. The number of ether oxygens (including phenoxy) is 1. The molecule has 6 nitrogen and oxygen atoms in total. The Balaban J connectivity index is 1.84. The predicted molar refractivity (Wildman–Crippen MR) is 78.0 cm³/mol. The number of hydrogen-bond donors (Lipinski definition) is 1. The highest BCUT2D eigenvalue weighted by atomic mass is 32.1. The number of aromatic nitrogens is 4. The molecule has 2 aromatic heterocycles. The average molecular weight is 295 g/mol. The van der Waals surface area contributed by atoms with Crippen molar-refractivity contribution in [2.24, 2.45) is 11.1 Å². The maximum absolute atomic E-state index is 6.23. The highest BCUT2D eigenvalue weighted by Crippen LogP contribution is 2.27. The van der Waals surface area contributed by atoms with Gasteiger partial charge in [-0.25, -0.2) is 0 Å². The molecule has 0 bridgehead atoms. The lowest BCUT2D eigenvalue weighted by molar-refractivity contribution is 0.193. The fourth-order valence-corrected chi connectivity index (χ4v) is 3.14. The highest BCUT2D eigenvalue weighted by molar-refractivity contribution is 7.16. The van der Waals surface area contributed by atoms with Gasteiger partial charge in [0.05, 0.1) is 6.61 Å². The van der Waals surface area contributed by atoms with Gasteiger partial charge in [0.15, 0.2) is 5.82 Å². The number of fused-ring (bicyclic) bond motifs is 1. The Morgan fingerprint density at radius 1 is 1.45 bits per heavy atom. The van der Waals surface area contributed by atoms with E-state index < -0.39 is 0 Å². The van der Waals surface area contributed by atoms with Crippen molar-refractivity contribution in [2.75, 3.05) is 13.2 Å². The smallest absolute Gasteiger partial charge is 0.234 e. The molecular weight excluding hydrogens is 274 g/mol. The molecule has 0 saturated carbocycles. The molecule has 1 fully saturated rings. The van der Waals surface area contributed by atoms with Gasteiger partial charge in [-0.05, 0) is 11.8 Å². The Labute approximate surface area is 122 Å². The van der Waals surface area contributed by atoms with Gasteiger partial charge >= 0.3 is 0 Å². The summed E-state index contributed by atoms with van der Waals surface area (Å²) in [5, 5.41) is 14.2. The molecule has 0 radical (unpaired) electrons. The van der Waals surface area contributed by atoms with E-state index >= 15 is 0 Å². The van der Waals surface area contributed by atoms with Gasteiger partial charge in [-0.2, -0.15) is 9.61 Å². The van der Waals surface area contributed by atoms with E-state index in [2.05, 4.69) is 36.1 Å². The summed E-state index contributed by atoms with van der Waals surface area (Å²) < 4.78 is 7.29. The first kappa shape index (κ1) is 13.9. The van der Waals surface area contributed by atoms with Crippen LogP contribution in [0.3, 0.4) is 0 Å². The second kappa shape index (κ2) is 5.05. The molecule has 0 aliphatic carbocycles. The molecule has 2 aromatic rings. The number of rotatable bonds is 3. The van der Waals surface area contributed by atoms with Gasteiger partial charge in [-0.3, -0.25) is 0 Å². The van der Waals surface area contributed by atoms with Crippen molar-refractivity contribution in [3.05, 3.63) is 10.8 Å². The minimum Gasteiger partial charge on any atom is -0.381 e. The third-order valence-corrected chi connectivity index (χ3v) is 4.78. The summed E-state index contributed by atoms with van der Waals surface area (Å²) in [7, 11) is 0. The Morgan fingerprint density at radius 3 is 2.90 bits per heavy atom. The SMILES string of the molecule is CC(C)(C)C(N)Cc1nn2c(C3CCOC3)nnc2s1. The Hall–Kier alpha value is -1.05. The van der Waals surface area contributed by atoms with E-state index in [-0.39, 0.29) is 11.5 Å². The number of nitrogens with two attached hydrogens (primary N) is 1. The number of hydrogen-bond acceptors (Lipinski definition) is 6. The predicted octanol–water partition coefficient (Wildman–Crippen LogP) is 1.61. The van der Waals surface area contributed by atoms with Crippen LogP contribution in [0.4, 0.5) is 0 Å². The van der Waals surface area contributed by atoms with Gasteiger partial charge in [0, 0.05) is 25.0 Å². The molecule has 0 amide bonds. The lowest BCUT2D eigenvalue weighted by Gasteiger charge is -2.25. The first-order valence-corrected chi connectivity index (χ1v) is 7.81. The quantitative estimate of drug-likeness (QED) is 0.930. The first-order valence-electron chi connectivity index (χ1n) is 6.99. The van der Waals surface area contributed by atoms with E-state index in [9.17, 15) is 0 Å². The van der Waals surface area contributed by atoms with E-state index in [1.54, 1.807) is 11.3 Å². The molecular formula is C13H21N5OS. The summed E-state index contributed by atoms with van der Waals surface area (Å²) >= 11 is 1.58. The minimum absolute atomic E-state index is 0.0775. The fourth-order valence-electron chi connectivity index (χ4n) is 2.24. The Kier molecular flexibility index (Phi) is 3.51. The van der Waals surface area contributed by atoms with Crippen LogP contribution >= 0.6 is 11.3 Å². The van der Waals surface area contributed by atoms with E-state index in [0.29, 0.717) is 5.92 Å². The Bertz CT molecular complexity index is 593. The van der Waals surface area contributed by atoms with Gasteiger partial charge in [0.25, 0.3) is 0 Å². The van der Waals surface area contributed by atoms with Crippen LogP contribution in [0.2, 0.25) is 0 Å². The van der Waals surface area contributed by atoms with Gasteiger partial charge in [0.1, 0.15) is 5.01 Å². The summed E-state index contributed by atoms with van der Waals surface area (Å²) in [6.07, 6.45) is 1.77. The second-order valence-corrected chi connectivity index (χ2v) is 7.53. The molecule has 1 saturated heterocycles. The van der Waals surface area contributed by atoms with Gasteiger partial charge in [-0.1, -0.05) is 32.1 Å². The number of nitrogens with zero attached hydrogens (tertiary/aromatic N) is 4. The van der Waals surface area contributed by atoms with E-state index in [0.717, 1.165) is 41.8 Å². The van der Waals surface area contributed by atoms with Crippen LogP contribution in [0.15, 0.2) is 0 Å². The fraction of sp³-hybridized carbons (Fsp3) is 0.769. The molecule has 1 aliphatic rings. The minimum atomic E-state index is 0.0775. The van der Waals surface area contributed by atoms with Crippen molar-refractivity contribution in [1.82, 2.24) is 19.8 Å². The zero-order valence-electron chi connectivity index (χ0n) is 12.2. The zero-order valence-corrected chi connectivity index (χ0v) is 13.0. The van der Waals surface area contributed by atoms with Crippen molar-refractivity contribution in [1.29, 1.82) is 0 Å². The van der Waals surface area contributed by atoms with Gasteiger partial charge in [-0.15, -0.1) is 10.2 Å². The third kappa shape index (κ3) is 2.57. The lowest BCUT2D eigenvalue weighted by atomic mass is 9.86. The van der Waals surface area contributed by atoms with E-state index in [1.807, 2.05) is 4.52 Å². The van der Waals surface area contributed by atoms with Crippen LogP contribution < -0.4 is 5.73 Å². The van der Waals surface area contributed by atoms with Crippen LogP contribution in [0.1, 0.15) is 43.9 Å². The first-order chi connectivity index (χ1) is 9.45. The largest absolute Gasteiger partial charge is 0.381 e. The van der Waals surface area contributed by atoms with E-state index in [1.165, 1.54) is 0 Å². The van der Waals surface area contributed by atoms with E-state index in [4.69, 9.17) is 10.5 Å². The molecule has 20 heavy (non-hydrogen) atoms. The maximum Gasteiger partial charge on any atom is 0.234 e. The molecule has 0 aromatic carbocycles. The van der Waals surface area contributed by atoms with Crippen LogP contribution in [-0.4, -0.2) is 39.1 Å². The van der Waals surface area contributed by atoms with Crippen molar-refractivity contribution < 1.29 is 4.74 Å². The molecule has 1 aliphatic heterocycles. The molecule has 0 spiro atoms. The average Bonchev–Trinajstić information content (AvgIpc) is 3.01. The molecule has 7 heteroatoms. The summed E-state index contributed by atoms with van der Waals surface area (Å²) in [5.74, 6) is 1.24. The maximum atomic E-state index is 6.23. The Morgan fingerprint density at radius 2 is 2.25 bits per heavy atom. The van der Waals surface area contributed by atoms with Crippen LogP contribution in [0, 0.1) is 5.41 Å². The van der Waals surface area contributed by atoms with Crippen molar-refractivity contribution >= 4 is 16.3 Å². The summed E-state index contributed by atoms with van der Waals surface area (Å²) in [6, 6.07) is 0.0876. The summed E-state index contributed by atoms with van der Waals surface area (Å²) in [4.78, 5) is 0.850. The monoisotopic (exact) mass is 295 g/mol. The molecule has 3 rings (SSSR count). The van der Waals surface area contributed by atoms with Crippen LogP contribution in [0.25, 0.3) is 4.96 Å². The standard InChI is InChI=1S/C13H21N5OS/c1-13(2,3)9(14)6-10-17-18-11(8-4-5-19-7-8)15-16-12(18)20-10/h8-9H,4-7,14H2,1-3H3. The summed E-state index contributed by atoms with van der Waals surface area (Å²) in [5.41, 5.74) is 6.31. The van der Waals surface area contributed by atoms with Gasteiger partial charge < -0.3 is 10.5 Å². The lowest BCUT2D eigenvalue weighted by Crippen LogP contribution is -2.36. The topological polar surface area (TPSA) is 78.3 Å². The molecule has 110 valence electrons. The normalized spacial score (nSPS) is 21.7. The van der Waals surface area contributed by atoms with Crippen LogP contribution in [0.5, 0.6) is 0 Å². The molecule has 3 heterocycles. The van der Waals surface area contributed by atoms with Crippen molar-refractivity contribution in [3.63, 3.8) is 0 Å².